The van der Waals surface area contributed by atoms with Crippen LogP contribution in [0.25, 0.3) is 55.2 Å². The predicted molar refractivity (Wildman–Crippen MR) is 237 cm³/mol. The van der Waals surface area contributed by atoms with Crippen LogP contribution in [0.15, 0.2) is 119 Å². The zero-order valence-corrected chi connectivity index (χ0v) is 36.2. The second kappa shape index (κ2) is 12.9. The zero-order chi connectivity index (χ0) is 41.0. The van der Waals surface area contributed by atoms with E-state index in [1.165, 1.54) is 34.6 Å². The van der Waals surface area contributed by atoms with Gasteiger partial charge in [-0.05, 0) is 117 Å². The molecule has 4 aromatic heterocycles. The van der Waals surface area contributed by atoms with Crippen LogP contribution in [-0.4, -0.2) is 27.5 Å². The molecule has 0 atom stereocenters. The fourth-order valence-electron chi connectivity index (χ4n) is 7.87. The Kier molecular flexibility index (Phi) is 8.72. The van der Waals surface area contributed by atoms with Gasteiger partial charge in [0.25, 0.3) is 0 Å². The Morgan fingerprint density at radius 2 is 0.649 bits per heavy atom. The molecule has 0 bridgehead atoms. The Balaban J connectivity index is 1.18. The highest BCUT2D eigenvalue weighted by atomic mass is 32.2. The second-order valence-electron chi connectivity index (χ2n) is 19.8. The number of fused-ring (bicyclic) bond motifs is 6. The summed E-state index contributed by atoms with van der Waals surface area (Å²) in [6, 6.07) is 33.5. The van der Waals surface area contributed by atoms with Crippen molar-refractivity contribution in [1.29, 1.82) is 0 Å². The van der Waals surface area contributed by atoms with Crippen molar-refractivity contribution in [2.45, 2.75) is 115 Å². The molecule has 0 N–H and O–H groups in total. The van der Waals surface area contributed by atoms with Gasteiger partial charge >= 0.3 is 0 Å². The van der Waals surface area contributed by atoms with Gasteiger partial charge in [-0.3, -0.25) is 9.13 Å². The first-order valence-corrected chi connectivity index (χ1v) is 21.4. The molecule has 57 heavy (non-hydrogen) atoms. The van der Waals surface area contributed by atoms with Gasteiger partial charge in [0, 0.05) is 33.9 Å². The van der Waals surface area contributed by atoms with E-state index in [-0.39, 0.29) is 31.5 Å². The number of pyridine rings is 2. The average molecular weight is 775 g/mol. The Bertz CT molecular complexity index is 2630. The lowest BCUT2D eigenvalue weighted by atomic mass is 9.85. The number of hydrogen-bond donors (Lipinski definition) is 0. The predicted octanol–water partition coefficient (Wildman–Crippen LogP) is 12.7. The molecule has 0 radical (unpaired) electrons. The molecule has 0 unspecified atom stereocenters. The first-order chi connectivity index (χ1) is 26.5. The minimum Gasteiger partial charge on any atom is -0.294 e. The molecular weight excluding hydrogens is 721 g/mol. The largest absolute Gasteiger partial charge is 0.294 e. The van der Waals surface area contributed by atoms with Gasteiger partial charge in [-0.15, -0.1) is 0 Å². The van der Waals surface area contributed by atoms with Gasteiger partial charge in [0.1, 0.15) is 11.6 Å². The van der Waals surface area contributed by atoms with E-state index in [0.717, 1.165) is 43.6 Å². The molecule has 8 aromatic rings. The van der Waals surface area contributed by atoms with Crippen LogP contribution in [0.1, 0.15) is 105 Å². The maximum absolute atomic E-state index is 14.1. The third-order valence-corrected chi connectivity index (χ3v) is 13.2. The van der Waals surface area contributed by atoms with Crippen molar-refractivity contribution in [3.8, 4) is 11.6 Å². The van der Waals surface area contributed by atoms with Crippen molar-refractivity contribution in [3.63, 3.8) is 0 Å². The third kappa shape index (κ3) is 6.64. The fraction of sp³-hybridized carbons (Fsp3) is 0.320. The van der Waals surface area contributed by atoms with Gasteiger partial charge in [0.15, 0.2) is 0 Å². The van der Waals surface area contributed by atoms with Gasteiger partial charge < -0.3 is 0 Å². The number of aromatic nitrogens is 4. The van der Waals surface area contributed by atoms with E-state index in [0.29, 0.717) is 11.6 Å². The van der Waals surface area contributed by atoms with Crippen molar-refractivity contribution >= 4 is 53.4 Å². The molecule has 0 spiro atoms. The minimum absolute atomic E-state index is 0.0126. The summed E-state index contributed by atoms with van der Waals surface area (Å²) in [5.74, 6) is 1.31. The molecule has 8 rings (SSSR count). The SMILES string of the molecule is CC(C)(C)c1ccc2c(c1)c1cc(C(C)(C)C)ccc1n2-c1ccc(S(=O)(=O)c2ccc(-n3c4ccc(C(C)(C)C)cc4c4cc(C(C)(C)C)ccc43)nc2)cn1. The average Bonchev–Trinajstić information content (AvgIpc) is 3.65. The molecule has 0 aliphatic rings. The van der Waals surface area contributed by atoms with Gasteiger partial charge in [0.2, 0.25) is 9.84 Å². The number of hydrogen-bond acceptors (Lipinski definition) is 4. The summed E-state index contributed by atoms with van der Waals surface area (Å²) in [7, 11) is -3.91. The maximum Gasteiger partial charge on any atom is 0.209 e. The van der Waals surface area contributed by atoms with E-state index in [4.69, 9.17) is 9.97 Å². The quantitative estimate of drug-likeness (QED) is 0.179. The Labute approximate surface area is 337 Å². The lowest BCUT2D eigenvalue weighted by molar-refractivity contribution is 0.590. The molecule has 4 aromatic carbocycles. The standard InChI is InChI=1S/C50H54N4O2S/c1-47(2,3)31-13-19-41-37(25-31)38-26-32(48(4,5)6)14-20-42(38)53(41)45-23-17-35(29-51-45)57(55,56)36-18-24-46(52-30-36)54-43-21-15-33(49(7,8)9)27-39(43)40-28-34(50(10,11)12)16-22-44(40)54/h13-30H,1-12H3. The monoisotopic (exact) mass is 774 g/mol. The highest BCUT2D eigenvalue weighted by Crippen LogP contribution is 2.39. The van der Waals surface area contributed by atoms with Crippen molar-refractivity contribution < 1.29 is 8.42 Å². The number of sulfone groups is 1. The fourth-order valence-corrected chi connectivity index (χ4v) is 9.02. The molecule has 6 nitrogen and oxygen atoms in total. The van der Waals surface area contributed by atoms with Crippen LogP contribution in [0.4, 0.5) is 0 Å². The second-order valence-corrected chi connectivity index (χ2v) is 21.8. The Hall–Kier alpha value is -5.27. The summed E-state index contributed by atoms with van der Waals surface area (Å²) < 4.78 is 32.5. The third-order valence-electron chi connectivity index (χ3n) is 11.5. The Morgan fingerprint density at radius 1 is 0.386 bits per heavy atom. The molecular formula is C50H54N4O2S. The molecule has 0 amide bonds. The first kappa shape index (κ1) is 38.6. The van der Waals surface area contributed by atoms with E-state index < -0.39 is 9.84 Å². The molecule has 292 valence electrons. The van der Waals surface area contributed by atoms with Crippen molar-refractivity contribution in [2.75, 3.05) is 0 Å². The lowest BCUT2D eigenvalue weighted by Gasteiger charge is -2.19. The zero-order valence-electron chi connectivity index (χ0n) is 35.4. The van der Waals surface area contributed by atoms with Crippen molar-refractivity contribution in [1.82, 2.24) is 19.1 Å². The van der Waals surface area contributed by atoms with Crippen LogP contribution in [0.3, 0.4) is 0 Å². The van der Waals surface area contributed by atoms with E-state index in [1.807, 2.05) is 0 Å². The highest BCUT2D eigenvalue weighted by Gasteiger charge is 2.25. The summed E-state index contributed by atoms with van der Waals surface area (Å²) in [6.07, 6.45) is 2.94. The number of benzene rings is 4. The summed E-state index contributed by atoms with van der Waals surface area (Å²) >= 11 is 0. The summed E-state index contributed by atoms with van der Waals surface area (Å²) in [4.78, 5) is 9.82. The summed E-state index contributed by atoms with van der Waals surface area (Å²) in [6.45, 7) is 26.7. The van der Waals surface area contributed by atoms with Gasteiger partial charge in [-0.25, -0.2) is 18.4 Å². The summed E-state index contributed by atoms with van der Waals surface area (Å²) in [5, 5.41) is 4.61. The number of rotatable bonds is 4. The molecule has 0 fully saturated rings. The van der Waals surface area contributed by atoms with E-state index in [2.05, 4.69) is 165 Å². The normalized spacial score (nSPS) is 13.4. The molecule has 7 heteroatoms. The van der Waals surface area contributed by atoms with Crippen molar-refractivity contribution in [2.24, 2.45) is 0 Å². The summed E-state index contributed by atoms with van der Waals surface area (Å²) in [5.41, 5.74) is 9.09. The van der Waals surface area contributed by atoms with Crippen LogP contribution in [0, 0.1) is 0 Å². The van der Waals surface area contributed by atoms with E-state index >= 15 is 0 Å². The first-order valence-electron chi connectivity index (χ1n) is 19.9. The minimum atomic E-state index is -3.91. The van der Waals surface area contributed by atoms with Gasteiger partial charge in [0.05, 0.1) is 31.9 Å². The lowest BCUT2D eigenvalue weighted by Crippen LogP contribution is -2.10. The van der Waals surface area contributed by atoms with Crippen LogP contribution < -0.4 is 0 Å². The Morgan fingerprint density at radius 3 is 0.860 bits per heavy atom. The smallest absolute Gasteiger partial charge is 0.209 e. The molecule has 0 saturated heterocycles. The van der Waals surface area contributed by atoms with E-state index in [1.54, 1.807) is 24.3 Å². The maximum atomic E-state index is 14.1. The van der Waals surface area contributed by atoms with Gasteiger partial charge in [-0.2, -0.15) is 0 Å². The van der Waals surface area contributed by atoms with Crippen molar-refractivity contribution in [3.05, 3.63) is 132 Å². The molecule has 4 heterocycles. The highest BCUT2D eigenvalue weighted by molar-refractivity contribution is 7.91. The molecule has 0 aliphatic heterocycles. The molecule has 0 aliphatic carbocycles. The van der Waals surface area contributed by atoms with Crippen LogP contribution in [-0.2, 0) is 31.5 Å². The van der Waals surface area contributed by atoms with E-state index in [9.17, 15) is 8.42 Å². The molecule has 0 saturated carbocycles. The topological polar surface area (TPSA) is 69.8 Å². The number of nitrogens with zero attached hydrogens (tertiary/aromatic N) is 4. The van der Waals surface area contributed by atoms with Crippen LogP contribution in [0.2, 0.25) is 0 Å². The van der Waals surface area contributed by atoms with Crippen LogP contribution >= 0.6 is 0 Å². The van der Waals surface area contributed by atoms with Gasteiger partial charge in [-0.1, -0.05) is 107 Å². The van der Waals surface area contributed by atoms with Crippen LogP contribution in [0.5, 0.6) is 0 Å².